The van der Waals surface area contributed by atoms with E-state index in [9.17, 15) is 4.79 Å². The number of hydrogen-bond acceptors (Lipinski definition) is 4. The summed E-state index contributed by atoms with van der Waals surface area (Å²) in [6, 6.07) is 2.36. The predicted octanol–water partition coefficient (Wildman–Crippen LogP) is 1.71. The average Bonchev–Trinajstić information content (AvgIpc) is 2.52. The van der Waals surface area contributed by atoms with Gasteiger partial charge in [-0.3, -0.25) is 4.79 Å². The lowest BCUT2D eigenvalue weighted by Crippen LogP contribution is -2.54. The molecule has 1 aromatic heterocycles. The van der Waals surface area contributed by atoms with Gasteiger partial charge in [0.15, 0.2) is 0 Å². The van der Waals surface area contributed by atoms with Crippen LogP contribution in [0.25, 0.3) is 0 Å². The number of fused-ring (bicyclic) bond motifs is 1. The molecule has 1 aromatic rings. The third-order valence-corrected chi connectivity index (χ3v) is 4.74. The molecule has 2 aliphatic rings. The van der Waals surface area contributed by atoms with Gasteiger partial charge in [-0.05, 0) is 44.6 Å². The molecule has 1 aliphatic carbocycles. The lowest BCUT2D eigenvalue weighted by molar-refractivity contribution is -0.124. The zero-order valence-electron chi connectivity index (χ0n) is 12.6. The maximum atomic E-state index is 12.3. The Morgan fingerprint density at radius 3 is 3.05 bits per heavy atom. The van der Waals surface area contributed by atoms with E-state index >= 15 is 0 Å². The molecule has 2 fully saturated rings. The molecule has 114 valence electrons. The van der Waals surface area contributed by atoms with Gasteiger partial charge in [0.05, 0.1) is 18.3 Å². The van der Waals surface area contributed by atoms with E-state index in [1.807, 2.05) is 13.0 Å². The number of aryl methyl sites for hydroxylation is 1. The van der Waals surface area contributed by atoms with E-state index in [1.54, 1.807) is 6.20 Å². The summed E-state index contributed by atoms with van der Waals surface area (Å²) < 4.78 is 0. The van der Waals surface area contributed by atoms with E-state index in [-0.39, 0.29) is 11.9 Å². The number of rotatable bonds is 3. The van der Waals surface area contributed by atoms with Gasteiger partial charge in [-0.25, -0.2) is 9.97 Å². The van der Waals surface area contributed by atoms with Gasteiger partial charge in [-0.2, -0.15) is 0 Å². The Morgan fingerprint density at radius 1 is 1.33 bits per heavy atom. The Labute approximate surface area is 125 Å². The Kier molecular flexibility index (Phi) is 4.48. The third kappa shape index (κ3) is 3.59. The monoisotopic (exact) mass is 288 g/mol. The van der Waals surface area contributed by atoms with Gasteiger partial charge in [0.25, 0.3) is 0 Å². The van der Waals surface area contributed by atoms with Gasteiger partial charge in [-0.1, -0.05) is 12.8 Å². The van der Waals surface area contributed by atoms with Crippen LogP contribution in [0.4, 0.5) is 0 Å². The Morgan fingerprint density at radius 2 is 2.19 bits per heavy atom. The fourth-order valence-electron chi connectivity index (χ4n) is 3.61. The van der Waals surface area contributed by atoms with Gasteiger partial charge < -0.3 is 10.6 Å². The van der Waals surface area contributed by atoms with E-state index in [4.69, 9.17) is 0 Å². The topological polar surface area (TPSA) is 66.9 Å². The molecule has 1 amide bonds. The van der Waals surface area contributed by atoms with E-state index in [0.717, 1.165) is 23.9 Å². The zero-order chi connectivity index (χ0) is 14.7. The van der Waals surface area contributed by atoms with Crippen LogP contribution in [-0.4, -0.2) is 28.0 Å². The first kappa shape index (κ1) is 14.4. The second-order valence-electron chi connectivity index (χ2n) is 6.26. The largest absolute Gasteiger partial charge is 0.349 e. The molecule has 0 radical (unpaired) electrons. The molecule has 0 bridgehead atoms. The first-order valence-corrected chi connectivity index (χ1v) is 8.04. The lowest BCUT2D eigenvalue weighted by atomic mass is 9.77. The quantitative estimate of drug-likeness (QED) is 0.888. The molecule has 1 aliphatic heterocycles. The van der Waals surface area contributed by atoms with Crippen LogP contribution < -0.4 is 10.6 Å². The number of amides is 1. The molecule has 0 spiro atoms. The molecular formula is C16H24N4O. The molecule has 3 unspecified atom stereocenters. The van der Waals surface area contributed by atoms with E-state index < -0.39 is 0 Å². The number of carbonyl (C=O) groups excluding carboxylic acids is 1. The van der Waals surface area contributed by atoms with E-state index in [0.29, 0.717) is 12.6 Å². The minimum atomic E-state index is -0.0349. The summed E-state index contributed by atoms with van der Waals surface area (Å²) in [5.41, 5.74) is 0.863. The highest BCUT2D eigenvalue weighted by atomic mass is 16.2. The van der Waals surface area contributed by atoms with Crippen molar-refractivity contribution in [2.75, 3.05) is 0 Å². The van der Waals surface area contributed by atoms with Crippen LogP contribution >= 0.6 is 0 Å². The lowest BCUT2D eigenvalue weighted by Gasteiger charge is -2.39. The summed E-state index contributed by atoms with van der Waals surface area (Å²) in [5.74, 6) is 1.63. The first-order valence-electron chi connectivity index (χ1n) is 8.04. The molecule has 5 heteroatoms. The van der Waals surface area contributed by atoms with Crippen molar-refractivity contribution in [2.24, 2.45) is 5.92 Å². The third-order valence-electron chi connectivity index (χ3n) is 4.74. The molecular weight excluding hydrogens is 264 g/mol. The van der Waals surface area contributed by atoms with Crippen molar-refractivity contribution in [3.63, 3.8) is 0 Å². The van der Waals surface area contributed by atoms with Crippen molar-refractivity contribution >= 4 is 5.91 Å². The Hall–Kier alpha value is -1.49. The minimum Gasteiger partial charge on any atom is -0.349 e. The van der Waals surface area contributed by atoms with Crippen molar-refractivity contribution in [1.29, 1.82) is 0 Å². The van der Waals surface area contributed by atoms with Crippen molar-refractivity contribution in [3.8, 4) is 0 Å². The molecule has 2 N–H and O–H groups in total. The SMILES string of the molecule is Cc1nccc(CNC(=O)C2CCC3CCCCC3N2)n1. The second-order valence-corrected chi connectivity index (χ2v) is 6.26. The summed E-state index contributed by atoms with van der Waals surface area (Å²) in [6.07, 6.45) is 9.06. The van der Waals surface area contributed by atoms with Crippen LogP contribution in [0, 0.1) is 12.8 Å². The number of hydrogen-bond donors (Lipinski definition) is 2. The van der Waals surface area contributed by atoms with Crippen molar-refractivity contribution < 1.29 is 4.79 Å². The number of carbonyl (C=O) groups is 1. The smallest absolute Gasteiger partial charge is 0.237 e. The van der Waals surface area contributed by atoms with Crippen LogP contribution in [-0.2, 0) is 11.3 Å². The fourth-order valence-corrected chi connectivity index (χ4v) is 3.61. The summed E-state index contributed by atoms with van der Waals surface area (Å²) >= 11 is 0. The van der Waals surface area contributed by atoms with Gasteiger partial charge >= 0.3 is 0 Å². The molecule has 1 saturated heterocycles. The normalized spacial score (nSPS) is 28.7. The highest BCUT2D eigenvalue weighted by molar-refractivity contribution is 5.81. The molecule has 0 aromatic carbocycles. The van der Waals surface area contributed by atoms with Crippen LogP contribution in [0.2, 0.25) is 0 Å². The number of nitrogens with one attached hydrogen (secondary N) is 2. The van der Waals surface area contributed by atoms with E-state index in [2.05, 4.69) is 20.6 Å². The number of piperidine rings is 1. The Bertz CT molecular complexity index is 505. The van der Waals surface area contributed by atoms with Gasteiger partial charge in [0.2, 0.25) is 5.91 Å². The summed E-state index contributed by atoms with van der Waals surface area (Å²) in [4.78, 5) is 20.7. The van der Waals surface area contributed by atoms with Crippen molar-refractivity contribution in [3.05, 3.63) is 23.8 Å². The summed E-state index contributed by atoms with van der Waals surface area (Å²) in [6.45, 7) is 2.34. The molecule has 5 nitrogen and oxygen atoms in total. The van der Waals surface area contributed by atoms with E-state index in [1.165, 1.54) is 32.1 Å². The first-order chi connectivity index (χ1) is 10.2. The summed E-state index contributed by atoms with van der Waals surface area (Å²) in [5, 5.41) is 6.56. The predicted molar refractivity (Wildman–Crippen MR) is 80.5 cm³/mol. The molecule has 3 rings (SSSR count). The number of nitrogens with zero attached hydrogens (tertiary/aromatic N) is 2. The van der Waals surface area contributed by atoms with Gasteiger partial charge in [0.1, 0.15) is 5.82 Å². The number of aromatic nitrogens is 2. The Balaban J connectivity index is 1.51. The van der Waals surface area contributed by atoms with Crippen molar-refractivity contribution in [2.45, 2.75) is 64.1 Å². The molecule has 1 saturated carbocycles. The van der Waals surface area contributed by atoms with Crippen LogP contribution in [0.1, 0.15) is 50.0 Å². The highest BCUT2D eigenvalue weighted by Gasteiger charge is 2.34. The van der Waals surface area contributed by atoms with Gasteiger partial charge in [0, 0.05) is 12.2 Å². The summed E-state index contributed by atoms with van der Waals surface area (Å²) in [7, 11) is 0. The molecule has 3 atom stereocenters. The fraction of sp³-hybridized carbons (Fsp3) is 0.688. The second kappa shape index (κ2) is 6.52. The average molecular weight is 288 g/mol. The highest BCUT2D eigenvalue weighted by Crippen LogP contribution is 2.32. The maximum absolute atomic E-state index is 12.3. The van der Waals surface area contributed by atoms with Crippen LogP contribution in [0.3, 0.4) is 0 Å². The van der Waals surface area contributed by atoms with Crippen LogP contribution in [0.15, 0.2) is 12.3 Å². The molecule has 2 heterocycles. The minimum absolute atomic E-state index is 0.0349. The standard InChI is InChI=1S/C16H24N4O/c1-11-17-9-8-13(19-11)10-18-16(21)15-7-6-12-4-2-3-5-14(12)20-15/h8-9,12,14-15,20H,2-7,10H2,1H3,(H,18,21). The molecule has 21 heavy (non-hydrogen) atoms. The van der Waals surface area contributed by atoms with Gasteiger partial charge in [-0.15, -0.1) is 0 Å². The zero-order valence-corrected chi connectivity index (χ0v) is 12.6. The maximum Gasteiger partial charge on any atom is 0.237 e. The van der Waals surface area contributed by atoms with Crippen LogP contribution in [0.5, 0.6) is 0 Å². The van der Waals surface area contributed by atoms with Crippen molar-refractivity contribution in [1.82, 2.24) is 20.6 Å².